The summed E-state index contributed by atoms with van der Waals surface area (Å²) in [6.45, 7) is 1.64. The summed E-state index contributed by atoms with van der Waals surface area (Å²) in [4.78, 5) is 24.4. The minimum atomic E-state index is -0.684. The minimum absolute atomic E-state index is 0.0469. The molecule has 1 aliphatic heterocycles. The largest absolute Gasteiger partial charge is 0.389 e. The molecule has 2 rings (SSSR count). The second-order valence-corrected chi connectivity index (χ2v) is 4.64. The Hall–Kier alpha value is -1.82. The van der Waals surface area contributed by atoms with E-state index >= 15 is 0 Å². The number of nitrogens with two attached hydrogens (primary N) is 1. The van der Waals surface area contributed by atoms with Gasteiger partial charge in [-0.2, -0.15) is 0 Å². The van der Waals surface area contributed by atoms with Gasteiger partial charge in [-0.15, -0.1) is 0 Å². The van der Waals surface area contributed by atoms with Gasteiger partial charge < -0.3 is 5.73 Å². The Labute approximate surface area is 109 Å². The van der Waals surface area contributed by atoms with Crippen LogP contribution in [-0.4, -0.2) is 16.8 Å². The second kappa shape index (κ2) is 4.45. The molecule has 6 heteroatoms. The van der Waals surface area contributed by atoms with Crippen molar-refractivity contribution < 1.29 is 14.0 Å². The first-order valence-corrected chi connectivity index (χ1v) is 5.78. The lowest BCUT2D eigenvalue weighted by Gasteiger charge is -2.15. The lowest BCUT2D eigenvalue weighted by atomic mass is 10.1. The summed E-state index contributed by atoms with van der Waals surface area (Å²) in [6, 6.07) is 3.96. The summed E-state index contributed by atoms with van der Waals surface area (Å²) in [6.07, 6.45) is 0.106. The van der Waals surface area contributed by atoms with Crippen molar-refractivity contribution in [2.24, 2.45) is 11.7 Å². The maximum absolute atomic E-state index is 13.9. The van der Waals surface area contributed by atoms with Crippen LogP contribution in [0, 0.1) is 11.7 Å². The van der Waals surface area contributed by atoms with Crippen molar-refractivity contribution >= 4 is 34.7 Å². The Balaban J connectivity index is 2.43. The lowest BCUT2D eigenvalue weighted by Crippen LogP contribution is -2.31. The first-order valence-electron chi connectivity index (χ1n) is 5.38. The number of amides is 2. The van der Waals surface area contributed by atoms with E-state index in [4.69, 9.17) is 18.0 Å². The van der Waals surface area contributed by atoms with E-state index in [-0.39, 0.29) is 23.0 Å². The second-order valence-electron chi connectivity index (χ2n) is 4.20. The zero-order valence-electron chi connectivity index (χ0n) is 9.64. The summed E-state index contributed by atoms with van der Waals surface area (Å²) in [5, 5.41) is 0. The number of carbonyl (C=O) groups is 2. The van der Waals surface area contributed by atoms with E-state index in [1.807, 2.05) is 0 Å². The summed E-state index contributed by atoms with van der Waals surface area (Å²) in [7, 11) is 0. The summed E-state index contributed by atoms with van der Waals surface area (Å²) >= 11 is 4.73. The van der Waals surface area contributed by atoms with Gasteiger partial charge in [-0.1, -0.05) is 19.1 Å². The fourth-order valence-corrected chi connectivity index (χ4v) is 2.01. The number of carbonyl (C=O) groups excluding carboxylic acids is 2. The zero-order valence-corrected chi connectivity index (χ0v) is 10.5. The van der Waals surface area contributed by atoms with Crippen molar-refractivity contribution in [2.45, 2.75) is 13.3 Å². The fraction of sp³-hybridized carbons (Fsp3) is 0.250. The molecule has 0 aliphatic carbocycles. The van der Waals surface area contributed by atoms with Crippen molar-refractivity contribution in [3.63, 3.8) is 0 Å². The molecule has 1 aliphatic rings. The highest BCUT2D eigenvalue weighted by Gasteiger charge is 2.37. The lowest BCUT2D eigenvalue weighted by molar-refractivity contribution is -0.122. The maximum Gasteiger partial charge on any atom is 0.237 e. The van der Waals surface area contributed by atoms with E-state index in [1.165, 1.54) is 12.1 Å². The number of imide groups is 1. The van der Waals surface area contributed by atoms with Gasteiger partial charge in [0.05, 0.1) is 5.69 Å². The van der Waals surface area contributed by atoms with E-state index in [1.54, 1.807) is 6.92 Å². The molecule has 1 fully saturated rings. The molecule has 0 bridgehead atoms. The van der Waals surface area contributed by atoms with Gasteiger partial charge in [0.15, 0.2) is 0 Å². The number of hydrogen-bond donors (Lipinski definition) is 1. The van der Waals surface area contributed by atoms with Gasteiger partial charge in [0, 0.05) is 17.9 Å². The van der Waals surface area contributed by atoms with E-state index in [0.717, 1.165) is 11.0 Å². The van der Waals surface area contributed by atoms with Crippen LogP contribution in [-0.2, 0) is 9.59 Å². The van der Waals surface area contributed by atoms with Crippen LogP contribution in [0.15, 0.2) is 18.2 Å². The molecule has 2 N–H and O–H groups in total. The van der Waals surface area contributed by atoms with Gasteiger partial charge in [0.25, 0.3) is 0 Å². The average molecular weight is 266 g/mol. The number of benzene rings is 1. The highest BCUT2D eigenvalue weighted by molar-refractivity contribution is 7.80. The van der Waals surface area contributed by atoms with Gasteiger partial charge in [-0.05, 0) is 18.2 Å². The molecule has 18 heavy (non-hydrogen) atoms. The number of hydrogen-bond acceptors (Lipinski definition) is 3. The molecule has 0 saturated carbocycles. The average Bonchev–Trinajstić information content (AvgIpc) is 2.54. The molecule has 94 valence electrons. The molecule has 0 aromatic heterocycles. The van der Waals surface area contributed by atoms with E-state index in [9.17, 15) is 14.0 Å². The Morgan fingerprint density at radius 2 is 2.17 bits per heavy atom. The first kappa shape index (κ1) is 12.6. The molecule has 1 aromatic carbocycles. The van der Waals surface area contributed by atoms with E-state index in [0.29, 0.717) is 5.56 Å². The number of halogens is 1. The van der Waals surface area contributed by atoms with Crippen molar-refractivity contribution in [3.05, 3.63) is 29.6 Å². The summed E-state index contributed by atoms with van der Waals surface area (Å²) in [5.74, 6) is -1.88. The van der Waals surface area contributed by atoms with Crippen LogP contribution in [0.5, 0.6) is 0 Å². The molecule has 2 amide bonds. The molecule has 1 aromatic rings. The molecule has 0 radical (unpaired) electrons. The topological polar surface area (TPSA) is 63.4 Å². The molecule has 1 saturated heterocycles. The Bertz CT molecular complexity index is 559. The normalized spacial score (nSPS) is 19.4. The highest BCUT2D eigenvalue weighted by atomic mass is 32.1. The minimum Gasteiger partial charge on any atom is -0.389 e. The molecule has 1 unspecified atom stereocenters. The SMILES string of the molecule is CC1CC(=O)N(c2ccc(C(N)=S)cc2F)C1=O. The predicted molar refractivity (Wildman–Crippen MR) is 68.6 cm³/mol. The van der Waals surface area contributed by atoms with Gasteiger partial charge in [-0.25, -0.2) is 9.29 Å². The standard InChI is InChI=1S/C12H11FN2O2S/c1-6-4-10(16)15(12(6)17)9-3-2-7(11(14)18)5-8(9)13/h2-3,5-6H,4H2,1H3,(H2,14,18). The van der Waals surface area contributed by atoms with E-state index in [2.05, 4.69) is 0 Å². The summed E-state index contributed by atoms with van der Waals surface area (Å²) in [5.41, 5.74) is 5.69. The van der Waals surface area contributed by atoms with Crippen LogP contribution in [0.25, 0.3) is 0 Å². The van der Waals surface area contributed by atoms with Crippen molar-refractivity contribution in [3.8, 4) is 0 Å². The number of rotatable bonds is 2. The van der Waals surface area contributed by atoms with Gasteiger partial charge in [-0.3, -0.25) is 9.59 Å². The van der Waals surface area contributed by atoms with Crippen LogP contribution < -0.4 is 10.6 Å². The third-order valence-corrected chi connectivity index (χ3v) is 3.08. The highest BCUT2D eigenvalue weighted by Crippen LogP contribution is 2.28. The van der Waals surface area contributed by atoms with Gasteiger partial charge >= 0.3 is 0 Å². The molecule has 0 spiro atoms. The van der Waals surface area contributed by atoms with Gasteiger partial charge in [0.2, 0.25) is 11.8 Å². The Kier molecular flexibility index (Phi) is 3.13. The van der Waals surface area contributed by atoms with Gasteiger partial charge in [0.1, 0.15) is 10.8 Å². The third-order valence-electron chi connectivity index (χ3n) is 2.85. The quantitative estimate of drug-likeness (QED) is 0.648. The van der Waals surface area contributed by atoms with Crippen molar-refractivity contribution in [1.29, 1.82) is 0 Å². The smallest absolute Gasteiger partial charge is 0.237 e. The number of anilines is 1. The van der Waals surface area contributed by atoms with Crippen LogP contribution in [0.1, 0.15) is 18.9 Å². The molecule has 1 heterocycles. The van der Waals surface area contributed by atoms with Crippen LogP contribution in [0.3, 0.4) is 0 Å². The zero-order chi connectivity index (χ0) is 13.4. The first-order chi connectivity index (χ1) is 8.41. The molecule has 1 atom stereocenters. The Morgan fingerprint density at radius 1 is 1.50 bits per heavy atom. The third kappa shape index (κ3) is 1.99. The summed E-state index contributed by atoms with van der Waals surface area (Å²) < 4.78 is 13.9. The molecule has 4 nitrogen and oxygen atoms in total. The van der Waals surface area contributed by atoms with E-state index < -0.39 is 17.6 Å². The Morgan fingerprint density at radius 3 is 2.61 bits per heavy atom. The molecular formula is C12H11FN2O2S. The predicted octanol–water partition coefficient (Wildman–Crippen LogP) is 1.36. The van der Waals surface area contributed by atoms with Crippen LogP contribution in [0.4, 0.5) is 10.1 Å². The van der Waals surface area contributed by atoms with Crippen molar-refractivity contribution in [1.82, 2.24) is 0 Å². The maximum atomic E-state index is 13.9. The fourth-order valence-electron chi connectivity index (χ4n) is 1.88. The number of thiocarbonyl (C=S) groups is 1. The van der Waals surface area contributed by atoms with Crippen molar-refractivity contribution in [2.75, 3.05) is 4.90 Å². The monoisotopic (exact) mass is 266 g/mol. The number of nitrogens with zero attached hydrogens (tertiary/aromatic N) is 1. The molecular weight excluding hydrogens is 255 g/mol. The van der Waals surface area contributed by atoms with Crippen LogP contribution in [0.2, 0.25) is 0 Å². The van der Waals surface area contributed by atoms with Crippen LogP contribution >= 0.6 is 12.2 Å².